The normalized spacial score (nSPS) is 8.46. The summed E-state index contributed by atoms with van der Waals surface area (Å²) in [6.07, 6.45) is 3.27. The first-order valence-corrected chi connectivity index (χ1v) is 3.70. The van der Waals surface area contributed by atoms with Gasteiger partial charge in [0.15, 0.2) is 5.69 Å². The molecule has 0 unspecified atom stereocenters. The van der Waals surface area contributed by atoms with Gasteiger partial charge in [-0.05, 0) is 0 Å². The average molecular weight is 173 g/mol. The maximum absolute atomic E-state index is 8.43. The van der Waals surface area contributed by atoms with Crippen LogP contribution in [0.5, 0.6) is 0 Å². The van der Waals surface area contributed by atoms with Crippen LogP contribution in [-0.2, 0) is 0 Å². The summed E-state index contributed by atoms with van der Waals surface area (Å²) >= 11 is 0. The van der Waals surface area contributed by atoms with E-state index in [9.17, 15) is 0 Å². The Morgan fingerprint density at radius 3 is 2.69 bits per heavy atom. The van der Waals surface area contributed by atoms with Gasteiger partial charge in [-0.1, -0.05) is 0 Å². The van der Waals surface area contributed by atoms with Gasteiger partial charge >= 0.3 is 0 Å². The highest BCUT2D eigenvalue weighted by molar-refractivity contribution is 5.32. The Kier molecular flexibility index (Phi) is 3.22. The summed E-state index contributed by atoms with van der Waals surface area (Å²) in [4.78, 5) is 7.72. The van der Waals surface area contributed by atoms with Crippen LogP contribution in [0, 0.1) is 22.7 Å². The SMILES string of the molecule is N#CCCNc1cnc(C#N)cn1. The first-order valence-electron chi connectivity index (χ1n) is 3.70. The van der Waals surface area contributed by atoms with Crippen LogP contribution < -0.4 is 5.32 Å². The summed E-state index contributed by atoms with van der Waals surface area (Å²) in [5.74, 6) is 0.578. The molecule has 1 aromatic heterocycles. The van der Waals surface area contributed by atoms with E-state index in [1.54, 1.807) is 0 Å². The van der Waals surface area contributed by atoms with Crippen LogP contribution in [0.2, 0.25) is 0 Å². The predicted octanol–water partition coefficient (Wildman–Crippen LogP) is 0.674. The maximum Gasteiger partial charge on any atom is 0.158 e. The lowest BCUT2D eigenvalue weighted by atomic mass is 10.4. The van der Waals surface area contributed by atoms with Gasteiger partial charge in [-0.15, -0.1) is 0 Å². The second-order valence-corrected chi connectivity index (χ2v) is 2.23. The third-order valence-corrected chi connectivity index (χ3v) is 1.31. The molecule has 0 radical (unpaired) electrons. The fraction of sp³-hybridized carbons (Fsp3) is 0.250. The first-order chi connectivity index (χ1) is 6.36. The molecule has 5 nitrogen and oxygen atoms in total. The fourth-order valence-corrected chi connectivity index (χ4v) is 0.724. The number of hydrogen-bond donors (Lipinski definition) is 1. The molecule has 13 heavy (non-hydrogen) atoms. The molecule has 0 aliphatic carbocycles. The zero-order valence-corrected chi connectivity index (χ0v) is 6.86. The highest BCUT2D eigenvalue weighted by atomic mass is 15.0. The van der Waals surface area contributed by atoms with Crippen LogP contribution in [-0.4, -0.2) is 16.5 Å². The molecule has 0 saturated heterocycles. The van der Waals surface area contributed by atoms with Crippen molar-refractivity contribution in [3.05, 3.63) is 18.1 Å². The van der Waals surface area contributed by atoms with E-state index in [0.717, 1.165) is 0 Å². The summed E-state index contributed by atoms with van der Waals surface area (Å²) < 4.78 is 0. The summed E-state index contributed by atoms with van der Waals surface area (Å²) in [7, 11) is 0. The van der Waals surface area contributed by atoms with Crippen LogP contribution in [0.25, 0.3) is 0 Å². The minimum atomic E-state index is 0.283. The number of nitriles is 2. The van der Waals surface area contributed by atoms with Gasteiger partial charge in [0.2, 0.25) is 0 Å². The highest BCUT2D eigenvalue weighted by Crippen LogP contribution is 1.99. The largest absolute Gasteiger partial charge is 0.368 e. The van der Waals surface area contributed by atoms with Crippen molar-refractivity contribution in [3.63, 3.8) is 0 Å². The Balaban J connectivity index is 2.52. The summed E-state index contributed by atoms with van der Waals surface area (Å²) in [5, 5.41) is 19.6. The third-order valence-electron chi connectivity index (χ3n) is 1.31. The fourth-order valence-electron chi connectivity index (χ4n) is 0.724. The average Bonchev–Trinajstić information content (AvgIpc) is 2.19. The Morgan fingerprint density at radius 1 is 1.31 bits per heavy atom. The Morgan fingerprint density at radius 2 is 2.15 bits per heavy atom. The van der Waals surface area contributed by atoms with Crippen molar-refractivity contribution in [2.24, 2.45) is 0 Å². The third kappa shape index (κ3) is 2.76. The van der Waals surface area contributed by atoms with Crippen LogP contribution in [0.3, 0.4) is 0 Å². The standard InChI is InChI=1S/C8H7N5/c9-2-1-3-11-8-6-12-7(4-10)5-13-8/h5-6H,1,3H2,(H,11,13). The van der Waals surface area contributed by atoms with Crippen LogP contribution in [0.4, 0.5) is 5.82 Å². The quantitative estimate of drug-likeness (QED) is 0.679. The Labute approximate surface area is 75.7 Å². The van der Waals surface area contributed by atoms with Crippen LogP contribution >= 0.6 is 0 Å². The molecule has 0 atom stereocenters. The molecule has 1 N–H and O–H groups in total. The van der Waals surface area contributed by atoms with Crippen molar-refractivity contribution < 1.29 is 0 Å². The van der Waals surface area contributed by atoms with Gasteiger partial charge in [0.25, 0.3) is 0 Å². The number of hydrogen-bond acceptors (Lipinski definition) is 5. The van der Waals surface area contributed by atoms with Gasteiger partial charge < -0.3 is 5.32 Å². The summed E-state index contributed by atoms with van der Waals surface area (Å²) in [6, 6.07) is 3.87. The lowest BCUT2D eigenvalue weighted by Gasteiger charge is -2.00. The molecule has 0 aliphatic rings. The van der Waals surface area contributed by atoms with Crippen molar-refractivity contribution in [1.29, 1.82) is 10.5 Å². The molecule has 0 saturated carbocycles. The van der Waals surface area contributed by atoms with E-state index in [0.29, 0.717) is 18.8 Å². The molecule has 0 fully saturated rings. The summed E-state index contributed by atoms with van der Waals surface area (Å²) in [6.45, 7) is 0.539. The predicted molar refractivity (Wildman–Crippen MR) is 45.5 cm³/mol. The van der Waals surface area contributed by atoms with Crippen molar-refractivity contribution in [2.75, 3.05) is 11.9 Å². The second kappa shape index (κ2) is 4.68. The van der Waals surface area contributed by atoms with E-state index in [1.807, 2.05) is 12.1 Å². The van der Waals surface area contributed by atoms with Crippen molar-refractivity contribution in [3.8, 4) is 12.1 Å². The van der Waals surface area contributed by atoms with Crippen molar-refractivity contribution in [1.82, 2.24) is 9.97 Å². The summed E-state index contributed by atoms with van der Waals surface area (Å²) in [5.41, 5.74) is 0.283. The minimum absolute atomic E-state index is 0.283. The van der Waals surface area contributed by atoms with Gasteiger partial charge in [-0.3, -0.25) is 0 Å². The molecule has 0 spiro atoms. The smallest absolute Gasteiger partial charge is 0.158 e. The molecule has 1 rings (SSSR count). The number of rotatable bonds is 3. The van der Waals surface area contributed by atoms with Gasteiger partial charge in [-0.2, -0.15) is 10.5 Å². The number of nitrogens with zero attached hydrogens (tertiary/aromatic N) is 4. The molecule has 1 heterocycles. The number of aromatic nitrogens is 2. The van der Waals surface area contributed by atoms with Crippen molar-refractivity contribution in [2.45, 2.75) is 6.42 Å². The zero-order chi connectivity index (χ0) is 9.52. The van der Waals surface area contributed by atoms with Gasteiger partial charge in [0, 0.05) is 6.54 Å². The molecule has 0 bridgehead atoms. The lowest BCUT2D eigenvalue weighted by molar-refractivity contribution is 1.04. The molecular weight excluding hydrogens is 166 g/mol. The minimum Gasteiger partial charge on any atom is -0.368 e. The van der Waals surface area contributed by atoms with E-state index in [-0.39, 0.29) is 5.69 Å². The van der Waals surface area contributed by atoms with Gasteiger partial charge in [0.05, 0.1) is 24.9 Å². The van der Waals surface area contributed by atoms with Crippen molar-refractivity contribution >= 4 is 5.82 Å². The van der Waals surface area contributed by atoms with E-state index >= 15 is 0 Å². The molecule has 1 aromatic rings. The Hall–Kier alpha value is -2.14. The van der Waals surface area contributed by atoms with Gasteiger partial charge in [0.1, 0.15) is 11.9 Å². The first kappa shape index (κ1) is 8.95. The van der Waals surface area contributed by atoms with E-state index < -0.39 is 0 Å². The topological polar surface area (TPSA) is 85.4 Å². The zero-order valence-electron chi connectivity index (χ0n) is 6.86. The molecule has 64 valence electrons. The molecular formula is C8H7N5. The highest BCUT2D eigenvalue weighted by Gasteiger charge is 1.94. The second-order valence-electron chi connectivity index (χ2n) is 2.23. The van der Waals surface area contributed by atoms with Crippen LogP contribution in [0.15, 0.2) is 12.4 Å². The van der Waals surface area contributed by atoms with Gasteiger partial charge in [-0.25, -0.2) is 9.97 Å². The number of anilines is 1. The Bertz CT molecular complexity index is 342. The lowest BCUT2D eigenvalue weighted by Crippen LogP contribution is -2.02. The molecule has 0 aromatic carbocycles. The molecule has 0 amide bonds. The monoisotopic (exact) mass is 173 g/mol. The molecule has 0 aliphatic heterocycles. The van der Waals surface area contributed by atoms with E-state index in [2.05, 4.69) is 15.3 Å². The molecule has 5 heteroatoms. The number of nitrogens with one attached hydrogen (secondary N) is 1. The van der Waals surface area contributed by atoms with E-state index in [4.69, 9.17) is 10.5 Å². The maximum atomic E-state index is 8.43. The van der Waals surface area contributed by atoms with Crippen LogP contribution in [0.1, 0.15) is 12.1 Å². The van der Waals surface area contributed by atoms with E-state index in [1.165, 1.54) is 12.4 Å².